The topological polar surface area (TPSA) is 53.7 Å². The Kier molecular flexibility index (Phi) is 24.1. The summed E-state index contributed by atoms with van der Waals surface area (Å²) in [6.07, 6.45) is 23.2. The van der Waals surface area contributed by atoms with Crippen LogP contribution >= 0.6 is 9.03 Å². The predicted molar refractivity (Wildman–Crippen MR) is 144 cm³/mol. The maximum atomic E-state index is 5.76. The average molecular weight is 482 g/mol. The molecule has 0 radical (unpaired) electrons. The van der Waals surface area contributed by atoms with Crippen molar-refractivity contribution in [3.05, 3.63) is 35.9 Å². The van der Waals surface area contributed by atoms with Crippen molar-refractivity contribution < 1.29 is 13.8 Å². The number of benzene rings is 1. The highest BCUT2D eigenvalue weighted by molar-refractivity contribution is 7.26. The van der Waals surface area contributed by atoms with Gasteiger partial charge in [-0.1, -0.05) is 127 Å². The number of hydrogen-bond acceptors (Lipinski definition) is 4. The molecule has 0 saturated carbocycles. The number of unbranched alkanes of at least 4 members (excludes halogenated alkanes) is 16. The molecular weight excluding hydrogens is 429 g/mol. The van der Waals surface area contributed by atoms with Crippen LogP contribution in [0.4, 0.5) is 0 Å². The molecule has 0 fully saturated rings. The molecule has 2 N–H and O–H groups in total. The highest BCUT2D eigenvalue weighted by atomic mass is 31.1. The van der Waals surface area contributed by atoms with Crippen molar-refractivity contribution >= 4 is 9.03 Å². The van der Waals surface area contributed by atoms with Crippen LogP contribution in [0, 0.1) is 0 Å². The monoisotopic (exact) mass is 481 g/mol. The van der Waals surface area contributed by atoms with Crippen LogP contribution in [0.2, 0.25) is 0 Å². The van der Waals surface area contributed by atoms with Gasteiger partial charge in [0, 0.05) is 13.2 Å². The first-order valence-corrected chi connectivity index (χ1v) is 14.6. The lowest BCUT2D eigenvalue weighted by Crippen LogP contribution is -2.04. The van der Waals surface area contributed by atoms with Crippen LogP contribution in [0.3, 0.4) is 0 Å². The van der Waals surface area contributed by atoms with Crippen LogP contribution in [0.5, 0.6) is 0 Å². The number of hydrogen-bond donors (Lipinski definition) is 1. The summed E-state index contributed by atoms with van der Waals surface area (Å²) >= 11 is 0. The predicted octanol–water partition coefficient (Wildman–Crippen LogP) is 8.34. The second-order valence-electron chi connectivity index (χ2n) is 9.12. The van der Waals surface area contributed by atoms with E-state index in [1.807, 2.05) is 0 Å². The molecule has 0 amide bonds. The second-order valence-corrected chi connectivity index (χ2v) is 9.86. The highest BCUT2D eigenvalue weighted by Gasteiger charge is 1.96. The SMILES string of the molecule is NCCOPOCCCCCCCCCCCCCCCCCCCOCc1ccccc1. The molecule has 0 aliphatic rings. The van der Waals surface area contributed by atoms with Gasteiger partial charge in [0.15, 0.2) is 9.03 Å². The van der Waals surface area contributed by atoms with E-state index >= 15 is 0 Å². The summed E-state index contributed by atoms with van der Waals surface area (Å²) in [4.78, 5) is 0. The zero-order valence-electron chi connectivity index (χ0n) is 21.2. The fourth-order valence-corrected chi connectivity index (χ4v) is 4.49. The number of rotatable bonds is 26. The van der Waals surface area contributed by atoms with Crippen LogP contribution in [0.1, 0.15) is 115 Å². The molecule has 5 heteroatoms. The first-order chi connectivity index (χ1) is 16.4. The van der Waals surface area contributed by atoms with Gasteiger partial charge in [-0.15, -0.1) is 0 Å². The first kappa shape index (κ1) is 30.5. The zero-order valence-corrected chi connectivity index (χ0v) is 22.2. The van der Waals surface area contributed by atoms with Crippen LogP contribution in [-0.4, -0.2) is 26.4 Å². The van der Waals surface area contributed by atoms with Crippen LogP contribution < -0.4 is 5.73 Å². The van der Waals surface area contributed by atoms with E-state index in [1.165, 1.54) is 108 Å². The Hall–Kier alpha value is -0.510. The molecule has 0 heterocycles. The van der Waals surface area contributed by atoms with E-state index in [9.17, 15) is 0 Å². The standard InChI is InChI=1S/C28H52NO3P/c29-23-26-32-33-31-25-20-15-13-11-9-7-5-3-1-2-4-6-8-10-12-14-19-24-30-27-28-21-17-16-18-22-28/h16-18,21-22,33H,1-15,19-20,23-27,29H2. The third-order valence-corrected chi connectivity index (χ3v) is 6.63. The normalized spacial score (nSPS) is 11.7. The molecular formula is C28H52NO3P. The molecule has 192 valence electrons. The Morgan fingerprint density at radius 1 is 0.515 bits per heavy atom. The maximum Gasteiger partial charge on any atom is 0.155 e. The molecule has 1 unspecified atom stereocenters. The maximum absolute atomic E-state index is 5.76. The molecule has 33 heavy (non-hydrogen) atoms. The Labute approximate surface area is 206 Å². The lowest BCUT2D eigenvalue weighted by molar-refractivity contribution is 0.116. The molecule has 1 aromatic rings. The molecule has 0 bridgehead atoms. The van der Waals surface area contributed by atoms with Gasteiger partial charge >= 0.3 is 0 Å². The van der Waals surface area contributed by atoms with Crippen molar-refractivity contribution in [1.29, 1.82) is 0 Å². The van der Waals surface area contributed by atoms with E-state index in [4.69, 9.17) is 19.5 Å². The van der Waals surface area contributed by atoms with Crippen molar-refractivity contribution in [1.82, 2.24) is 0 Å². The molecule has 0 spiro atoms. The van der Waals surface area contributed by atoms with Crippen molar-refractivity contribution in [2.24, 2.45) is 5.73 Å². The van der Waals surface area contributed by atoms with Gasteiger partial charge in [-0.2, -0.15) is 0 Å². The van der Waals surface area contributed by atoms with Crippen LogP contribution in [-0.2, 0) is 20.4 Å². The van der Waals surface area contributed by atoms with E-state index < -0.39 is 0 Å². The lowest BCUT2D eigenvalue weighted by atomic mass is 10.0. The minimum absolute atomic E-state index is 0.161. The van der Waals surface area contributed by atoms with Gasteiger partial charge in [0.2, 0.25) is 0 Å². The Morgan fingerprint density at radius 3 is 1.42 bits per heavy atom. The summed E-state index contributed by atoms with van der Waals surface area (Å²) in [7, 11) is 0.161. The molecule has 0 aromatic heterocycles. The van der Waals surface area contributed by atoms with Crippen molar-refractivity contribution in [2.75, 3.05) is 26.4 Å². The molecule has 1 atom stereocenters. The van der Waals surface area contributed by atoms with Gasteiger partial charge in [-0.25, -0.2) is 0 Å². The summed E-state index contributed by atoms with van der Waals surface area (Å²) < 4.78 is 16.4. The minimum atomic E-state index is 0.161. The minimum Gasteiger partial charge on any atom is -0.377 e. The van der Waals surface area contributed by atoms with Crippen molar-refractivity contribution in [3.63, 3.8) is 0 Å². The Balaban J connectivity index is 1.64. The fourth-order valence-electron chi connectivity index (χ4n) is 3.98. The van der Waals surface area contributed by atoms with Gasteiger partial charge in [0.05, 0.1) is 19.8 Å². The number of ether oxygens (including phenoxy) is 1. The van der Waals surface area contributed by atoms with Gasteiger partial charge in [-0.3, -0.25) is 0 Å². The molecule has 0 saturated heterocycles. The molecule has 0 aliphatic heterocycles. The molecule has 1 rings (SSSR count). The Bertz CT molecular complexity index is 489. The number of nitrogens with two attached hydrogens (primary N) is 1. The third-order valence-electron chi connectivity index (χ3n) is 5.98. The van der Waals surface area contributed by atoms with E-state index in [-0.39, 0.29) is 9.03 Å². The van der Waals surface area contributed by atoms with Crippen molar-refractivity contribution in [3.8, 4) is 0 Å². The summed E-state index contributed by atoms with van der Waals surface area (Å²) in [5.74, 6) is 0. The van der Waals surface area contributed by atoms with E-state index in [0.29, 0.717) is 13.2 Å². The van der Waals surface area contributed by atoms with E-state index in [2.05, 4.69) is 30.3 Å². The fraction of sp³-hybridized carbons (Fsp3) is 0.786. The summed E-state index contributed by atoms with van der Waals surface area (Å²) in [6.45, 7) is 3.66. The highest BCUT2D eigenvalue weighted by Crippen LogP contribution is 2.16. The van der Waals surface area contributed by atoms with Gasteiger partial charge in [0.1, 0.15) is 0 Å². The quantitative estimate of drug-likeness (QED) is 0.107. The van der Waals surface area contributed by atoms with E-state index in [1.54, 1.807) is 0 Å². The lowest BCUT2D eigenvalue weighted by Gasteiger charge is -2.05. The first-order valence-electron chi connectivity index (χ1n) is 13.7. The summed E-state index contributed by atoms with van der Waals surface area (Å²) in [5, 5.41) is 0. The average Bonchev–Trinajstić information content (AvgIpc) is 2.84. The smallest absolute Gasteiger partial charge is 0.155 e. The third kappa shape index (κ3) is 23.0. The van der Waals surface area contributed by atoms with Gasteiger partial charge in [-0.05, 0) is 18.4 Å². The van der Waals surface area contributed by atoms with Crippen molar-refractivity contribution in [2.45, 2.75) is 116 Å². The van der Waals surface area contributed by atoms with Crippen LogP contribution in [0.15, 0.2) is 30.3 Å². The van der Waals surface area contributed by atoms with Crippen LogP contribution in [0.25, 0.3) is 0 Å². The molecule has 4 nitrogen and oxygen atoms in total. The Morgan fingerprint density at radius 2 is 0.939 bits per heavy atom. The molecule has 1 aromatic carbocycles. The largest absolute Gasteiger partial charge is 0.377 e. The zero-order chi connectivity index (χ0) is 23.5. The van der Waals surface area contributed by atoms with Gasteiger partial charge < -0.3 is 19.5 Å². The molecule has 0 aliphatic carbocycles. The van der Waals surface area contributed by atoms with Gasteiger partial charge in [0.25, 0.3) is 0 Å². The summed E-state index contributed by atoms with van der Waals surface area (Å²) in [5.41, 5.74) is 6.63. The summed E-state index contributed by atoms with van der Waals surface area (Å²) in [6, 6.07) is 10.5. The second kappa shape index (κ2) is 26.1. The van der Waals surface area contributed by atoms with E-state index in [0.717, 1.165) is 26.2 Å².